The third-order valence-corrected chi connectivity index (χ3v) is 7.91. The maximum Gasteiger partial charge on any atom is 0.194 e. The molecule has 4 heteroatoms. The van der Waals surface area contributed by atoms with Gasteiger partial charge in [0.15, 0.2) is 8.32 Å². The third kappa shape index (κ3) is 6.93. The predicted molar refractivity (Wildman–Crippen MR) is 89.3 cm³/mol. The maximum atomic E-state index is 8.77. The Kier molecular flexibility index (Phi) is 7.75. The largest absolute Gasteiger partial charge is 0.400 e. The lowest BCUT2D eigenvalue weighted by Gasteiger charge is -2.37. The van der Waals surface area contributed by atoms with Crippen molar-refractivity contribution < 1.29 is 9.53 Å². The Morgan fingerprint density at radius 1 is 1.44 bits per heavy atom. The summed E-state index contributed by atoms with van der Waals surface area (Å²) in [4.78, 5) is 0. The molecule has 0 saturated carbocycles. The number of aliphatic hydroxyl groups is 1. The molecule has 1 atom stereocenters. The van der Waals surface area contributed by atoms with Crippen molar-refractivity contribution in [2.75, 3.05) is 6.61 Å². The fourth-order valence-electron chi connectivity index (χ4n) is 1.04. The van der Waals surface area contributed by atoms with E-state index in [0.29, 0.717) is 6.42 Å². The SMILES string of the molecule is C/C(I)=C/C(C#CCCO)O[Si](C)(C)C(C)(C)C. The van der Waals surface area contributed by atoms with Crippen molar-refractivity contribution >= 4 is 30.9 Å². The number of aliphatic hydroxyl groups excluding tert-OH is 1. The fourth-order valence-corrected chi connectivity index (χ4v) is 2.48. The molecule has 0 amide bonds. The van der Waals surface area contributed by atoms with E-state index in [1.54, 1.807) is 0 Å². The van der Waals surface area contributed by atoms with Gasteiger partial charge in [0.2, 0.25) is 0 Å². The first-order chi connectivity index (χ1) is 8.10. The lowest BCUT2D eigenvalue weighted by Crippen LogP contribution is -2.43. The molecule has 0 bridgehead atoms. The van der Waals surface area contributed by atoms with Crippen LogP contribution in [0.25, 0.3) is 0 Å². The molecule has 1 N–H and O–H groups in total. The molecule has 0 heterocycles. The summed E-state index contributed by atoms with van der Waals surface area (Å²) in [5.74, 6) is 6.07. The highest BCUT2D eigenvalue weighted by atomic mass is 127. The smallest absolute Gasteiger partial charge is 0.194 e. The van der Waals surface area contributed by atoms with E-state index < -0.39 is 8.32 Å². The van der Waals surface area contributed by atoms with Gasteiger partial charge in [-0.1, -0.05) is 32.6 Å². The standard InChI is InChI=1S/C14H25IO2Si/c1-12(15)11-13(9-7-8-10-16)17-18(5,6)14(2,3)4/h11,13,16H,8,10H2,1-6H3/b12-11-. The zero-order chi connectivity index (χ0) is 14.4. The highest BCUT2D eigenvalue weighted by Crippen LogP contribution is 2.37. The highest BCUT2D eigenvalue weighted by molar-refractivity contribution is 14.1. The van der Waals surface area contributed by atoms with Gasteiger partial charge in [-0.05, 0) is 57.3 Å². The van der Waals surface area contributed by atoms with Gasteiger partial charge in [0.05, 0.1) is 6.61 Å². The van der Waals surface area contributed by atoms with Crippen LogP contribution in [0.5, 0.6) is 0 Å². The zero-order valence-electron chi connectivity index (χ0n) is 12.3. The van der Waals surface area contributed by atoms with Crippen molar-refractivity contribution in [3.8, 4) is 11.8 Å². The molecule has 0 radical (unpaired) electrons. The molecule has 0 fully saturated rings. The second kappa shape index (κ2) is 7.68. The normalized spacial score (nSPS) is 15.0. The van der Waals surface area contributed by atoms with Crippen molar-refractivity contribution in [2.24, 2.45) is 0 Å². The monoisotopic (exact) mass is 380 g/mol. The average Bonchev–Trinajstić information content (AvgIpc) is 2.14. The minimum absolute atomic E-state index is 0.104. The lowest BCUT2D eigenvalue weighted by molar-refractivity contribution is 0.274. The number of hydrogen-bond acceptors (Lipinski definition) is 2. The van der Waals surface area contributed by atoms with Crippen LogP contribution in [0.4, 0.5) is 0 Å². The molecule has 0 aliphatic carbocycles. The van der Waals surface area contributed by atoms with Crippen molar-refractivity contribution in [1.82, 2.24) is 0 Å². The van der Waals surface area contributed by atoms with E-state index in [9.17, 15) is 0 Å². The van der Waals surface area contributed by atoms with E-state index in [4.69, 9.17) is 9.53 Å². The molecule has 0 aromatic carbocycles. The van der Waals surface area contributed by atoms with Gasteiger partial charge in [-0.3, -0.25) is 0 Å². The molecule has 0 aliphatic heterocycles. The molecule has 0 aromatic heterocycles. The van der Waals surface area contributed by atoms with Gasteiger partial charge in [0, 0.05) is 6.42 Å². The summed E-state index contributed by atoms with van der Waals surface area (Å²) < 4.78 is 7.44. The summed E-state index contributed by atoms with van der Waals surface area (Å²) >= 11 is 2.27. The Hall–Kier alpha value is 0.167. The molecule has 0 rings (SSSR count). The zero-order valence-corrected chi connectivity index (χ0v) is 15.5. The quantitative estimate of drug-likeness (QED) is 0.452. The van der Waals surface area contributed by atoms with Crippen LogP contribution in [0.3, 0.4) is 0 Å². The summed E-state index contributed by atoms with van der Waals surface area (Å²) in [6.45, 7) is 13.3. The van der Waals surface area contributed by atoms with Crippen LogP contribution in [-0.2, 0) is 4.43 Å². The minimum Gasteiger partial charge on any atom is -0.400 e. The Balaban J connectivity index is 4.93. The summed E-state index contributed by atoms with van der Waals surface area (Å²) in [5, 5.41) is 8.95. The van der Waals surface area contributed by atoms with E-state index >= 15 is 0 Å². The average molecular weight is 380 g/mol. The van der Waals surface area contributed by atoms with Gasteiger partial charge in [0.25, 0.3) is 0 Å². The van der Waals surface area contributed by atoms with E-state index in [1.165, 1.54) is 3.58 Å². The first-order valence-corrected chi connectivity index (χ1v) is 10.2. The molecule has 1 unspecified atom stereocenters. The predicted octanol–water partition coefficient (Wildman–Crippen LogP) is 4.10. The van der Waals surface area contributed by atoms with E-state index in [1.807, 2.05) is 13.0 Å². The van der Waals surface area contributed by atoms with E-state index in [0.717, 1.165) is 0 Å². The Bertz CT molecular complexity index is 341. The second-order valence-electron chi connectivity index (χ2n) is 5.85. The molecule has 0 aromatic rings. The molecular weight excluding hydrogens is 355 g/mol. The van der Waals surface area contributed by atoms with Gasteiger partial charge >= 0.3 is 0 Å². The number of rotatable bonds is 4. The molecule has 18 heavy (non-hydrogen) atoms. The van der Waals surface area contributed by atoms with Crippen LogP contribution in [0, 0.1) is 11.8 Å². The van der Waals surface area contributed by atoms with Gasteiger partial charge in [-0.25, -0.2) is 0 Å². The second-order valence-corrected chi connectivity index (χ2v) is 12.3. The van der Waals surface area contributed by atoms with E-state index in [2.05, 4.69) is 68.3 Å². The van der Waals surface area contributed by atoms with Crippen molar-refractivity contribution in [1.29, 1.82) is 0 Å². The van der Waals surface area contributed by atoms with E-state index in [-0.39, 0.29) is 17.7 Å². The first-order valence-electron chi connectivity index (χ1n) is 6.21. The van der Waals surface area contributed by atoms with Crippen molar-refractivity contribution in [2.45, 2.75) is 58.4 Å². The van der Waals surface area contributed by atoms with Gasteiger partial charge in [0.1, 0.15) is 6.10 Å². The number of hydrogen-bond donors (Lipinski definition) is 1. The van der Waals surface area contributed by atoms with Crippen LogP contribution in [0.2, 0.25) is 18.1 Å². The Morgan fingerprint density at radius 2 is 2.00 bits per heavy atom. The van der Waals surface area contributed by atoms with Crippen LogP contribution < -0.4 is 0 Å². The van der Waals surface area contributed by atoms with Crippen molar-refractivity contribution in [3.05, 3.63) is 9.66 Å². The van der Waals surface area contributed by atoms with Crippen LogP contribution in [0.15, 0.2) is 9.66 Å². The number of allylic oxidation sites excluding steroid dienone is 1. The molecule has 104 valence electrons. The van der Waals surface area contributed by atoms with Crippen LogP contribution in [-0.4, -0.2) is 26.1 Å². The van der Waals surface area contributed by atoms with Crippen molar-refractivity contribution in [3.63, 3.8) is 0 Å². The van der Waals surface area contributed by atoms with Gasteiger partial charge in [-0.2, -0.15) is 0 Å². The molecule has 0 saturated heterocycles. The third-order valence-electron chi connectivity index (χ3n) is 3.09. The molecule has 0 aliphatic rings. The minimum atomic E-state index is -1.81. The summed E-state index contributed by atoms with van der Waals surface area (Å²) in [6.07, 6.45) is 2.39. The van der Waals surface area contributed by atoms with Crippen LogP contribution in [0.1, 0.15) is 34.1 Å². The Labute approximate surface area is 126 Å². The molecular formula is C14H25IO2Si. The highest BCUT2D eigenvalue weighted by Gasteiger charge is 2.38. The first kappa shape index (κ1) is 18.2. The summed E-state index contributed by atoms with van der Waals surface area (Å²) in [6, 6.07) is 0. The summed E-state index contributed by atoms with van der Waals surface area (Å²) in [7, 11) is -1.81. The molecule has 0 spiro atoms. The Morgan fingerprint density at radius 3 is 2.39 bits per heavy atom. The van der Waals surface area contributed by atoms with Gasteiger partial charge in [-0.15, -0.1) is 0 Å². The lowest BCUT2D eigenvalue weighted by atomic mass is 10.2. The number of halogens is 1. The fraction of sp³-hybridized carbons (Fsp3) is 0.714. The molecule has 2 nitrogen and oxygen atoms in total. The van der Waals surface area contributed by atoms with Gasteiger partial charge < -0.3 is 9.53 Å². The van der Waals surface area contributed by atoms with Crippen LogP contribution >= 0.6 is 22.6 Å². The summed E-state index contributed by atoms with van der Waals surface area (Å²) in [5.41, 5.74) is 0. The topological polar surface area (TPSA) is 29.5 Å². The maximum absolute atomic E-state index is 8.77.